The van der Waals surface area contributed by atoms with Gasteiger partial charge in [-0.3, -0.25) is 0 Å². The first-order chi connectivity index (χ1) is 7.70. The van der Waals surface area contributed by atoms with Gasteiger partial charge in [0.2, 0.25) is 0 Å². The van der Waals surface area contributed by atoms with Crippen molar-refractivity contribution in [3.05, 3.63) is 0 Å². The van der Waals surface area contributed by atoms with Crippen LogP contribution in [0.25, 0.3) is 0 Å². The molecule has 1 nitrogen and oxygen atoms in total. The Morgan fingerprint density at radius 1 is 1.33 bits per heavy atom. The first kappa shape index (κ1) is 21.1. The zero-order valence-electron chi connectivity index (χ0n) is 12.3. The van der Waals surface area contributed by atoms with E-state index in [1.54, 1.807) is 0 Å². The van der Waals surface area contributed by atoms with Crippen LogP contribution in [0.1, 0.15) is 68.2 Å². The second-order valence-corrected chi connectivity index (χ2v) is 7.10. The fraction of sp³-hybridized carbons (Fsp3) is 0.933. The van der Waals surface area contributed by atoms with E-state index in [1.165, 1.54) is 29.8 Å². The summed E-state index contributed by atoms with van der Waals surface area (Å²) in [5, 5.41) is 0. The van der Waals surface area contributed by atoms with Crippen LogP contribution in [-0.4, -0.2) is 26.5 Å². The van der Waals surface area contributed by atoms with Crippen molar-refractivity contribution in [1.29, 1.82) is 0 Å². The number of alkyl halides is 1. The second-order valence-electron chi connectivity index (χ2n) is 6.30. The molecule has 1 saturated heterocycles. The molecule has 0 aliphatic carbocycles. The number of halogens is 1. The molecule has 1 atom stereocenters. The minimum atomic E-state index is 0. The van der Waals surface area contributed by atoms with Gasteiger partial charge in [0, 0.05) is 6.38 Å². The quantitative estimate of drug-likeness (QED) is 0.497. The van der Waals surface area contributed by atoms with Crippen molar-refractivity contribution in [2.45, 2.75) is 79.3 Å². The summed E-state index contributed by atoms with van der Waals surface area (Å²) in [6.45, 7) is 13.9. The zero-order chi connectivity index (χ0) is 13.9. The van der Waals surface area contributed by atoms with Crippen molar-refractivity contribution in [2.24, 2.45) is 5.92 Å². The molecule has 114 valence electrons. The van der Waals surface area contributed by atoms with Crippen LogP contribution >= 0.6 is 11.6 Å². The average molecular weight is 368 g/mol. The first-order valence-corrected chi connectivity index (χ1v) is 7.91. The summed E-state index contributed by atoms with van der Waals surface area (Å²) in [4.78, 5) is 2.57. The maximum absolute atomic E-state index is 4.64. The Kier molecular flexibility index (Phi) is 9.55. The van der Waals surface area contributed by atoms with Crippen LogP contribution in [0.15, 0.2) is 0 Å². The van der Waals surface area contributed by atoms with Crippen LogP contribution < -0.4 is 0 Å². The van der Waals surface area contributed by atoms with Gasteiger partial charge in [-0.15, -0.1) is 11.6 Å². The summed E-state index contributed by atoms with van der Waals surface area (Å²) in [6, 6.07) is 0. The van der Waals surface area contributed by atoms with Crippen LogP contribution in [0.3, 0.4) is 0 Å². The summed E-state index contributed by atoms with van der Waals surface area (Å²) >= 11 is 8.17. The van der Waals surface area contributed by atoms with E-state index in [-0.39, 0.29) is 13.0 Å². The molecule has 3 heteroatoms. The molecule has 0 radical (unpaired) electrons. The van der Waals surface area contributed by atoms with Crippen LogP contribution in [0, 0.1) is 5.92 Å². The van der Waals surface area contributed by atoms with Crippen molar-refractivity contribution < 1.29 is 18.7 Å². The Bertz CT molecular complexity index is 256. The summed E-state index contributed by atoms with van der Waals surface area (Å²) in [7, 11) is 0. The fourth-order valence-electron chi connectivity index (χ4n) is 2.99. The molecular weight excluding hydrogens is 336 g/mol. The van der Waals surface area contributed by atoms with Gasteiger partial charge in [-0.25, -0.2) is 0 Å². The van der Waals surface area contributed by atoms with E-state index in [9.17, 15) is 0 Å². The summed E-state index contributed by atoms with van der Waals surface area (Å²) < 4.78 is 1.46. The topological polar surface area (TPSA) is 3.24 Å². The minimum Gasteiger partial charge on any atom is -0.130 e. The van der Waals surface area contributed by atoms with E-state index < -0.39 is 0 Å². The molecule has 0 spiro atoms. The molecule has 1 aliphatic rings. The molecule has 0 bridgehead atoms. The third-order valence-corrected chi connectivity index (χ3v) is 4.15. The van der Waals surface area contributed by atoms with Gasteiger partial charge in [-0.05, 0) is 0 Å². The zero-order valence-corrected chi connectivity index (χ0v) is 14.7. The molecule has 18 heavy (non-hydrogen) atoms. The number of rotatable bonds is 2. The van der Waals surface area contributed by atoms with Crippen LogP contribution in [0.2, 0.25) is 0 Å². The number of nitrogens with zero attached hydrogens (tertiary/aromatic N) is 1. The van der Waals surface area contributed by atoms with Crippen LogP contribution in [0.4, 0.5) is 0 Å². The van der Waals surface area contributed by atoms with Gasteiger partial charge >= 0.3 is 106 Å². The number of hydrogen-bond acceptors (Lipinski definition) is 1. The Hall–Kier alpha value is 0.782. The van der Waals surface area contributed by atoms with Gasteiger partial charge in [0.15, 0.2) is 0 Å². The van der Waals surface area contributed by atoms with Gasteiger partial charge < -0.3 is 0 Å². The maximum Gasteiger partial charge on any atom is 0.0108 e. The first-order valence-electron chi connectivity index (χ1n) is 6.37. The third-order valence-electron chi connectivity index (χ3n) is 3.17. The molecular formula is C15H32ClNPd. The molecule has 1 heterocycles. The monoisotopic (exact) mass is 367 g/mol. The Balaban J connectivity index is 0. The number of hydrogen-bond donors (Lipinski definition) is 0. The molecule has 0 aromatic carbocycles. The molecule has 1 rings (SSSR count). The van der Waals surface area contributed by atoms with Gasteiger partial charge in [0.25, 0.3) is 0 Å². The van der Waals surface area contributed by atoms with E-state index >= 15 is 0 Å². The molecule has 0 saturated carbocycles. The average Bonchev–Trinajstić information content (AvgIpc) is 2.39. The molecule has 0 amide bonds. The SMILES string of the molecule is C.CCCC1CC(C)(C)N(C(C)(C)C)[C]1=[Pd].CCl. The standard InChI is InChI=1S/C13H25N.CH3Cl.CH4.Pd/c1-7-8-11-9-13(5,6)14(10-11)12(2,3)4;1-2;;/h11H,7-9H2,1-6H3;1H3;1H4;. The van der Waals surface area contributed by atoms with Gasteiger partial charge in [-0.1, -0.05) is 7.43 Å². The van der Waals surface area contributed by atoms with Crippen LogP contribution in [-0.2, 0) is 18.7 Å². The summed E-state index contributed by atoms with van der Waals surface area (Å²) in [5.41, 5.74) is 0.520. The second kappa shape index (κ2) is 8.15. The van der Waals surface area contributed by atoms with Crippen molar-refractivity contribution in [3.8, 4) is 0 Å². The predicted octanol–water partition coefficient (Wildman–Crippen LogP) is 4.85. The van der Waals surface area contributed by atoms with Crippen molar-refractivity contribution >= 4 is 15.7 Å². The largest absolute Gasteiger partial charge is 0.130 e. The molecule has 1 fully saturated rings. The molecule has 0 aromatic heterocycles. The Morgan fingerprint density at radius 2 is 1.78 bits per heavy atom. The predicted molar refractivity (Wildman–Crippen MR) is 82.2 cm³/mol. The van der Waals surface area contributed by atoms with Crippen molar-refractivity contribution in [1.82, 2.24) is 4.90 Å². The normalized spacial score (nSPS) is 23.2. The molecule has 0 N–H and O–H groups in total. The Labute approximate surface area is 131 Å². The summed E-state index contributed by atoms with van der Waals surface area (Å²) in [5.74, 6) is 0.743. The smallest absolute Gasteiger partial charge is 0.0108 e. The van der Waals surface area contributed by atoms with Gasteiger partial charge in [0.05, 0.1) is 0 Å². The molecule has 0 aromatic rings. The van der Waals surface area contributed by atoms with Crippen LogP contribution in [0.5, 0.6) is 0 Å². The minimum absolute atomic E-state index is 0. The van der Waals surface area contributed by atoms with E-state index in [1.807, 2.05) is 0 Å². The number of likely N-dealkylation sites (tertiary alicyclic amines) is 1. The summed E-state index contributed by atoms with van der Waals surface area (Å²) in [6.07, 6.45) is 5.35. The molecule has 1 aliphatic heterocycles. The van der Waals surface area contributed by atoms with Crippen molar-refractivity contribution in [2.75, 3.05) is 6.38 Å². The van der Waals surface area contributed by atoms with Gasteiger partial charge in [-0.2, -0.15) is 0 Å². The fourth-order valence-corrected chi connectivity index (χ4v) is 4.37. The maximum atomic E-state index is 4.64. The Morgan fingerprint density at radius 3 is 2.06 bits per heavy atom. The third kappa shape index (κ3) is 5.05. The molecule has 1 unspecified atom stereocenters. The van der Waals surface area contributed by atoms with E-state index in [4.69, 9.17) is 0 Å². The van der Waals surface area contributed by atoms with Crippen molar-refractivity contribution in [3.63, 3.8) is 0 Å². The van der Waals surface area contributed by atoms with E-state index in [0.29, 0.717) is 5.54 Å². The van der Waals surface area contributed by atoms with Gasteiger partial charge in [0.1, 0.15) is 0 Å². The van der Waals surface area contributed by atoms with E-state index in [2.05, 4.69) is 76.8 Å². The van der Waals surface area contributed by atoms with E-state index in [0.717, 1.165) is 5.92 Å².